The van der Waals surface area contributed by atoms with E-state index in [1.54, 1.807) is 0 Å². The number of ether oxygens (including phenoxy) is 2. The minimum Gasteiger partial charge on any atom is -0.460 e. The summed E-state index contributed by atoms with van der Waals surface area (Å²) in [5.41, 5.74) is 5.52. The maximum atomic E-state index is 13.2. The van der Waals surface area contributed by atoms with Gasteiger partial charge in [0.05, 0.1) is 25.4 Å². The van der Waals surface area contributed by atoms with E-state index < -0.39 is 11.8 Å². The first kappa shape index (κ1) is 13.4. The number of carbonyl (C=O) groups excluding carboxylic acids is 1. The summed E-state index contributed by atoms with van der Waals surface area (Å²) in [5.74, 6) is -1.47. The Labute approximate surface area is 97.9 Å². The van der Waals surface area contributed by atoms with Crippen LogP contribution >= 0.6 is 0 Å². The van der Waals surface area contributed by atoms with Crippen LogP contribution < -0.4 is 5.73 Å². The molecule has 3 N–H and O–H groups in total. The van der Waals surface area contributed by atoms with Gasteiger partial charge in [0.25, 0.3) is 0 Å². The second-order valence-electron chi connectivity index (χ2n) is 3.21. The lowest BCUT2D eigenvalue weighted by atomic mass is 10.2. The van der Waals surface area contributed by atoms with Crippen LogP contribution in [-0.2, 0) is 9.47 Å². The van der Waals surface area contributed by atoms with Crippen LogP contribution in [-0.4, -0.2) is 37.5 Å². The Morgan fingerprint density at radius 3 is 2.82 bits per heavy atom. The molecule has 0 saturated carbocycles. The maximum Gasteiger partial charge on any atom is 0.341 e. The molecule has 94 valence electrons. The molecule has 0 amide bonds. The number of nitrogen functional groups attached to an aromatic ring is 1. The second-order valence-corrected chi connectivity index (χ2v) is 3.21. The van der Waals surface area contributed by atoms with Crippen molar-refractivity contribution in [3.05, 3.63) is 29.6 Å². The largest absolute Gasteiger partial charge is 0.460 e. The van der Waals surface area contributed by atoms with Gasteiger partial charge < -0.3 is 20.3 Å². The van der Waals surface area contributed by atoms with Gasteiger partial charge in [0.1, 0.15) is 12.4 Å². The molecule has 0 bridgehead atoms. The fourth-order valence-electron chi connectivity index (χ4n) is 1.14. The van der Waals surface area contributed by atoms with E-state index in [-0.39, 0.29) is 37.7 Å². The summed E-state index contributed by atoms with van der Waals surface area (Å²) in [5, 5.41) is 8.42. The summed E-state index contributed by atoms with van der Waals surface area (Å²) in [6, 6.07) is 3.68. The Balaban J connectivity index is 2.44. The maximum absolute atomic E-state index is 13.2. The number of aliphatic hydroxyl groups is 1. The summed E-state index contributed by atoms with van der Waals surface area (Å²) in [6.07, 6.45) is 0. The third kappa shape index (κ3) is 4.38. The molecule has 0 aliphatic rings. The van der Waals surface area contributed by atoms with Gasteiger partial charge in [0.15, 0.2) is 0 Å². The monoisotopic (exact) mass is 243 g/mol. The Morgan fingerprint density at radius 2 is 2.12 bits per heavy atom. The van der Waals surface area contributed by atoms with Crippen LogP contribution in [0.3, 0.4) is 0 Å². The van der Waals surface area contributed by atoms with Crippen LogP contribution in [0, 0.1) is 5.82 Å². The van der Waals surface area contributed by atoms with E-state index in [0.717, 1.165) is 6.07 Å². The molecule has 0 atom stereocenters. The summed E-state index contributed by atoms with van der Waals surface area (Å²) in [6.45, 7) is 0.214. The number of halogens is 1. The quantitative estimate of drug-likeness (QED) is 0.434. The van der Waals surface area contributed by atoms with Crippen molar-refractivity contribution in [3.63, 3.8) is 0 Å². The van der Waals surface area contributed by atoms with E-state index in [0.29, 0.717) is 0 Å². The summed E-state index contributed by atoms with van der Waals surface area (Å²) in [7, 11) is 0. The first-order chi connectivity index (χ1) is 8.15. The van der Waals surface area contributed by atoms with Gasteiger partial charge in [-0.2, -0.15) is 0 Å². The van der Waals surface area contributed by atoms with Gasteiger partial charge in [-0.15, -0.1) is 0 Å². The van der Waals surface area contributed by atoms with Crippen molar-refractivity contribution in [1.29, 1.82) is 0 Å². The SMILES string of the molecule is Nc1ccc(F)c(C(=O)OCCOCCO)c1. The summed E-state index contributed by atoms with van der Waals surface area (Å²) >= 11 is 0. The molecule has 1 aromatic carbocycles. The van der Waals surface area contributed by atoms with Crippen molar-refractivity contribution >= 4 is 11.7 Å². The van der Waals surface area contributed by atoms with Gasteiger partial charge >= 0.3 is 5.97 Å². The van der Waals surface area contributed by atoms with Crippen molar-refractivity contribution in [2.45, 2.75) is 0 Å². The topological polar surface area (TPSA) is 81.8 Å². The average Bonchev–Trinajstić information content (AvgIpc) is 2.32. The van der Waals surface area contributed by atoms with E-state index in [2.05, 4.69) is 0 Å². The van der Waals surface area contributed by atoms with Gasteiger partial charge in [-0.3, -0.25) is 0 Å². The van der Waals surface area contributed by atoms with Crippen LogP contribution in [0.15, 0.2) is 18.2 Å². The lowest BCUT2D eigenvalue weighted by Gasteiger charge is -2.06. The molecule has 0 spiro atoms. The third-order valence-corrected chi connectivity index (χ3v) is 1.91. The normalized spacial score (nSPS) is 10.2. The number of aliphatic hydroxyl groups excluding tert-OH is 1. The fraction of sp³-hybridized carbons (Fsp3) is 0.364. The van der Waals surface area contributed by atoms with Gasteiger partial charge in [0, 0.05) is 5.69 Å². The Bertz CT molecular complexity index is 384. The molecular weight excluding hydrogens is 229 g/mol. The number of hydrogen-bond donors (Lipinski definition) is 2. The highest BCUT2D eigenvalue weighted by molar-refractivity contribution is 5.90. The van der Waals surface area contributed by atoms with E-state index >= 15 is 0 Å². The number of nitrogens with two attached hydrogens (primary N) is 1. The van der Waals surface area contributed by atoms with Gasteiger partial charge in [-0.1, -0.05) is 0 Å². The van der Waals surface area contributed by atoms with Gasteiger partial charge in [-0.25, -0.2) is 9.18 Å². The van der Waals surface area contributed by atoms with Crippen LogP contribution in [0.4, 0.5) is 10.1 Å². The average molecular weight is 243 g/mol. The number of carbonyl (C=O) groups is 1. The zero-order valence-electron chi connectivity index (χ0n) is 9.19. The number of hydrogen-bond acceptors (Lipinski definition) is 5. The first-order valence-electron chi connectivity index (χ1n) is 5.06. The predicted octanol–water partition coefficient (Wildman–Crippen LogP) is 0.574. The molecule has 0 heterocycles. The molecule has 17 heavy (non-hydrogen) atoms. The molecule has 0 aliphatic heterocycles. The third-order valence-electron chi connectivity index (χ3n) is 1.91. The van der Waals surface area contributed by atoms with Crippen LogP contribution in [0.2, 0.25) is 0 Å². The highest BCUT2D eigenvalue weighted by Crippen LogP contribution is 2.13. The van der Waals surface area contributed by atoms with E-state index in [1.165, 1.54) is 12.1 Å². The standard InChI is InChI=1S/C11H14FNO4/c12-10-2-1-8(13)7-9(10)11(15)17-6-5-16-4-3-14/h1-2,7,14H,3-6,13H2. The van der Waals surface area contributed by atoms with Crippen LogP contribution in [0.25, 0.3) is 0 Å². The number of esters is 1. The minimum atomic E-state index is -0.789. The molecule has 0 radical (unpaired) electrons. The van der Waals surface area contributed by atoms with E-state index in [9.17, 15) is 9.18 Å². The fourth-order valence-corrected chi connectivity index (χ4v) is 1.14. The van der Waals surface area contributed by atoms with Gasteiger partial charge in [-0.05, 0) is 18.2 Å². The minimum absolute atomic E-state index is 0.00687. The molecule has 0 aliphatic carbocycles. The van der Waals surface area contributed by atoms with Crippen molar-refractivity contribution in [2.75, 3.05) is 32.2 Å². The molecule has 1 aromatic rings. The van der Waals surface area contributed by atoms with Gasteiger partial charge in [0.2, 0.25) is 0 Å². The van der Waals surface area contributed by atoms with Crippen molar-refractivity contribution in [1.82, 2.24) is 0 Å². The molecular formula is C11H14FNO4. The predicted molar refractivity (Wildman–Crippen MR) is 59.0 cm³/mol. The highest BCUT2D eigenvalue weighted by atomic mass is 19.1. The number of benzene rings is 1. The molecule has 0 fully saturated rings. The molecule has 6 heteroatoms. The molecule has 0 saturated heterocycles. The smallest absolute Gasteiger partial charge is 0.341 e. The second kappa shape index (κ2) is 6.82. The zero-order chi connectivity index (χ0) is 12.7. The Hall–Kier alpha value is -1.66. The Kier molecular flexibility index (Phi) is 5.38. The first-order valence-corrected chi connectivity index (χ1v) is 5.06. The number of rotatable bonds is 6. The highest BCUT2D eigenvalue weighted by Gasteiger charge is 2.13. The van der Waals surface area contributed by atoms with Crippen molar-refractivity contribution < 1.29 is 23.8 Å². The number of anilines is 1. The molecule has 5 nitrogen and oxygen atoms in total. The lowest BCUT2D eigenvalue weighted by Crippen LogP contribution is -2.13. The summed E-state index contributed by atoms with van der Waals surface area (Å²) < 4.78 is 22.9. The molecule has 0 unspecified atom stereocenters. The lowest BCUT2D eigenvalue weighted by molar-refractivity contribution is 0.0254. The molecule has 1 rings (SSSR count). The zero-order valence-corrected chi connectivity index (χ0v) is 9.19. The van der Waals surface area contributed by atoms with E-state index in [1.807, 2.05) is 0 Å². The molecule has 0 aromatic heterocycles. The van der Waals surface area contributed by atoms with Crippen molar-refractivity contribution in [3.8, 4) is 0 Å². The Morgan fingerprint density at radius 1 is 1.35 bits per heavy atom. The van der Waals surface area contributed by atoms with Crippen LogP contribution in [0.1, 0.15) is 10.4 Å². The summed E-state index contributed by atoms with van der Waals surface area (Å²) in [4.78, 5) is 11.4. The van der Waals surface area contributed by atoms with Crippen LogP contribution in [0.5, 0.6) is 0 Å². The van der Waals surface area contributed by atoms with E-state index in [4.69, 9.17) is 20.3 Å². The van der Waals surface area contributed by atoms with Crippen molar-refractivity contribution in [2.24, 2.45) is 0 Å².